The highest BCUT2D eigenvalue weighted by Gasteiger charge is 2.33. The molecular formula is C27H35N3O2. The lowest BCUT2D eigenvalue weighted by Gasteiger charge is -2.37. The number of aromatic nitrogens is 1. The summed E-state index contributed by atoms with van der Waals surface area (Å²) in [5, 5.41) is 4.52. The first-order valence-electron chi connectivity index (χ1n) is 11.7. The van der Waals surface area contributed by atoms with Crippen molar-refractivity contribution in [2.75, 3.05) is 13.1 Å². The largest absolute Gasteiger partial charge is 0.459 e. The van der Waals surface area contributed by atoms with Gasteiger partial charge in [-0.05, 0) is 69.0 Å². The van der Waals surface area contributed by atoms with E-state index < -0.39 is 5.41 Å². The molecule has 0 unspecified atom stereocenters. The molecule has 0 saturated carbocycles. The number of pyridine rings is 1. The number of piperidine rings is 1. The topological polar surface area (TPSA) is 58.4 Å². The number of furan rings is 1. The molecular weight excluding hydrogens is 398 g/mol. The van der Waals surface area contributed by atoms with Crippen molar-refractivity contribution < 1.29 is 9.21 Å². The van der Waals surface area contributed by atoms with Crippen molar-refractivity contribution >= 4 is 16.9 Å². The summed E-state index contributed by atoms with van der Waals surface area (Å²) in [5.41, 5.74) is 3.94. The van der Waals surface area contributed by atoms with Crippen LogP contribution in [0.15, 0.2) is 47.0 Å². The van der Waals surface area contributed by atoms with Gasteiger partial charge in [-0.15, -0.1) is 0 Å². The van der Waals surface area contributed by atoms with Crippen molar-refractivity contribution in [3.05, 3.63) is 65.2 Å². The summed E-state index contributed by atoms with van der Waals surface area (Å²) in [5.74, 6) is 1.41. The Hall–Kier alpha value is -2.66. The van der Waals surface area contributed by atoms with E-state index in [1.807, 2.05) is 45.2 Å². The fourth-order valence-corrected chi connectivity index (χ4v) is 4.60. The molecule has 32 heavy (non-hydrogen) atoms. The molecule has 2 atom stereocenters. The van der Waals surface area contributed by atoms with Gasteiger partial charge >= 0.3 is 0 Å². The number of nitrogens with one attached hydrogen (secondary N) is 1. The molecule has 1 fully saturated rings. The van der Waals surface area contributed by atoms with Gasteiger partial charge in [-0.1, -0.05) is 38.5 Å². The minimum Gasteiger partial charge on any atom is -0.459 e. The number of nitrogens with zero attached hydrogens (tertiary/aromatic N) is 2. The third-order valence-electron chi connectivity index (χ3n) is 6.55. The molecule has 1 N–H and O–H groups in total. The quantitative estimate of drug-likeness (QED) is 0.572. The van der Waals surface area contributed by atoms with E-state index in [0.717, 1.165) is 49.5 Å². The molecule has 1 aliphatic heterocycles. The molecule has 5 nitrogen and oxygen atoms in total. The van der Waals surface area contributed by atoms with Crippen LogP contribution in [-0.4, -0.2) is 28.9 Å². The van der Waals surface area contributed by atoms with E-state index in [1.165, 1.54) is 16.5 Å². The molecule has 2 aromatic heterocycles. The van der Waals surface area contributed by atoms with Gasteiger partial charge in [0.25, 0.3) is 0 Å². The summed E-state index contributed by atoms with van der Waals surface area (Å²) in [7, 11) is 0. The van der Waals surface area contributed by atoms with Crippen LogP contribution < -0.4 is 5.32 Å². The average Bonchev–Trinajstić information content (AvgIpc) is 3.06. The Morgan fingerprint density at radius 3 is 2.78 bits per heavy atom. The van der Waals surface area contributed by atoms with Crippen LogP contribution in [0.1, 0.15) is 62.2 Å². The third kappa shape index (κ3) is 4.88. The molecule has 1 aromatic carbocycles. The van der Waals surface area contributed by atoms with Crippen molar-refractivity contribution in [2.45, 2.75) is 60.0 Å². The van der Waals surface area contributed by atoms with Crippen LogP contribution in [0.5, 0.6) is 0 Å². The normalized spacial score (nSPS) is 18.6. The summed E-state index contributed by atoms with van der Waals surface area (Å²) < 4.78 is 6.22. The van der Waals surface area contributed by atoms with Gasteiger partial charge < -0.3 is 9.73 Å². The maximum Gasteiger partial charge on any atom is 0.225 e. The fourth-order valence-electron chi connectivity index (χ4n) is 4.60. The second-order valence-corrected chi connectivity index (χ2v) is 10.2. The van der Waals surface area contributed by atoms with Gasteiger partial charge in [-0.2, -0.15) is 0 Å². The Kier molecular flexibility index (Phi) is 6.38. The van der Waals surface area contributed by atoms with Gasteiger partial charge in [-0.3, -0.25) is 14.7 Å². The molecule has 0 radical (unpaired) electrons. The molecule has 0 bridgehead atoms. The van der Waals surface area contributed by atoms with E-state index in [1.54, 1.807) is 0 Å². The molecule has 3 aromatic rings. The first-order chi connectivity index (χ1) is 15.2. The van der Waals surface area contributed by atoms with E-state index in [9.17, 15) is 4.79 Å². The van der Waals surface area contributed by atoms with Crippen LogP contribution in [-0.2, 0) is 11.3 Å². The number of fused-ring (bicyclic) bond motifs is 1. The highest BCUT2D eigenvalue weighted by molar-refractivity contribution is 5.83. The van der Waals surface area contributed by atoms with Crippen molar-refractivity contribution in [3.63, 3.8) is 0 Å². The van der Waals surface area contributed by atoms with Crippen LogP contribution in [0.2, 0.25) is 0 Å². The predicted molar refractivity (Wildman–Crippen MR) is 128 cm³/mol. The Balaban J connectivity index is 1.54. The number of rotatable bonds is 5. The van der Waals surface area contributed by atoms with E-state index in [-0.39, 0.29) is 11.9 Å². The Bertz CT molecular complexity index is 1080. The van der Waals surface area contributed by atoms with E-state index >= 15 is 0 Å². The van der Waals surface area contributed by atoms with Crippen LogP contribution >= 0.6 is 0 Å². The number of amides is 1. The number of benzene rings is 1. The van der Waals surface area contributed by atoms with Crippen LogP contribution in [0.4, 0.5) is 0 Å². The van der Waals surface area contributed by atoms with Crippen LogP contribution in [0.25, 0.3) is 11.0 Å². The number of hydrogen-bond donors (Lipinski definition) is 1. The number of carbonyl (C=O) groups excluding carboxylic acids is 1. The SMILES string of the molecule is Cc1ccc2oc(CN3CCC[C@H]([C@H](NC(=O)C(C)(C)C)c4ccccn4)C3)c(C)c2c1. The molecule has 0 aliphatic carbocycles. The molecule has 1 aliphatic rings. The zero-order chi connectivity index (χ0) is 22.9. The van der Waals surface area contributed by atoms with Gasteiger partial charge in [0.1, 0.15) is 11.3 Å². The molecule has 0 spiro atoms. The van der Waals surface area contributed by atoms with Gasteiger partial charge in [0.15, 0.2) is 0 Å². The minimum atomic E-state index is -0.440. The monoisotopic (exact) mass is 433 g/mol. The second kappa shape index (κ2) is 9.07. The molecule has 5 heteroatoms. The van der Waals surface area contributed by atoms with E-state index in [0.29, 0.717) is 5.92 Å². The van der Waals surface area contributed by atoms with Crippen molar-refractivity contribution in [1.29, 1.82) is 0 Å². The number of carbonyl (C=O) groups is 1. The maximum absolute atomic E-state index is 12.9. The van der Waals surface area contributed by atoms with Crippen LogP contribution in [0.3, 0.4) is 0 Å². The molecule has 1 amide bonds. The fraction of sp³-hybridized carbons (Fsp3) is 0.481. The van der Waals surface area contributed by atoms with Crippen LogP contribution in [0, 0.1) is 25.2 Å². The average molecular weight is 434 g/mol. The summed E-state index contributed by atoms with van der Waals surface area (Å²) >= 11 is 0. The number of hydrogen-bond acceptors (Lipinski definition) is 4. The molecule has 4 rings (SSSR count). The summed E-state index contributed by atoms with van der Waals surface area (Å²) in [6.45, 7) is 12.9. The number of aryl methyl sites for hydroxylation is 2. The Morgan fingerprint density at radius 2 is 2.06 bits per heavy atom. The lowest BCUT2D eigenvalue weighted by molar-refractivity contribution is -0.130. The predicted octanol–water partition coefficient (Wildman–Crippen LogP) is 5.56. The first-order valence-corrected chi connectivity index (χ1v) is 11.7. The molecule has 3 heterocycles. The highest BCUT2D eigenvalue weighted by Crippen LogP contribution is 2.33. The van der Waals surface area contributed by atoms with Gasteiger partial charge in [0.05, 0.1) is 18.3 Å². The first kappa shape index (κ1) is 22.5. The lowest BCUT2D eigenvalue weighted by atomic mass is 9.86. The van der Waals surface area contributed by atoms with E-state index in [2.05, 4.69) is 47.2 Å². The maximum atomic E-state index is 12.9. The second-order valence-electron chi connectivity index (χ2n) is 10.2. The van der Waals surface area contributed by atoms with E-state index in [4.69, 9.17) is 4.42 Å². The summed E-state index contributed by atoms with van der Waals surface area (Å²) in [6, 6.07) is 12.2. The van der Waals surface area contributed by atoms with Crippen molar-refractivity contribution in [1.82, 2.24) is 15.2 Å². The molecule has 1 saturated heterocycles. The minimum absolute atomic E-state index is 0.0637. The molecule has 170 valence electrons. The standard InChI is InChI=1S/C27H35N3O2/c1-18-11-12-23-21(15-18)19(2)24(32-23)17-30-14-8-9-20(16-30)25(22-10-6-7-13-28-22)29-26(31)27(3,4)5/h6-7,10-13,15,20,25H,8-9,14,16-17H2,1-5H3,(H,29,31)/t20-,25-/m0/s1. The Labute approximate surface area is 191 Å². The highest BCUT2D eigenvalue weighted by atomic mass is 16.3. The smallest absolute Gasteiger partial charge is 0.225 e. The van der Waals surface area contributed by atoms with Gasteiger partial charge in [0.2, 0.25) is 5.91 Å². The Morgan fingerprint density at radius 1 is 1.25 bits per heavy atom. The summed E-state index contributed by atoms with van der Waals surface area (Å²) in [4.78, 5) is 19.9. The van der Waals surface area contributed by atoms with Crippen molar-refractivity contribution in [2.24, 2.45) is 11.3 Å². The van der Waals surface area contributed by atoms with Gasteiger partial charge in [0, 0.05) is 23.5 Å². The van der Waals surface area contributed by atoms with Crippen molar-refractivity contribution in [3.8, 4) is 0 Å². The zero-order valence-electron chi connectivity index (χ0n) is 19.9. The zero-order valence-corrected chi connectivity index (χ0v) is 19.9. The number of likely N-dealkylation sites (tertiary alicyclic amines) is 1. The third-order valence-corrected chi connectivity index (χ3v) is 6.55. The lowest BCUT2D eigenvalue weighted by Crippen LogP contribution is -2.45. The van der Waals surface area contributed by atoms with Gasteiger partial charge in [-0.25, -0.2) is 0 Å². The summed E-state index contributed by atoms with van der Waals surface area (Å²) in [6.07, 6.45) is 3.98.